The molecule has 2 aromatic carbocycles. The number of para-hydroxylation sites is 1. The highest BCUT2D eigenvalue weighted by molar-refractivity contribution is 6.32. The minimum Gasteiger partial charge on any atom is -0.349 e. The summed E-state index contributed by atoms with van der Waals surface area (Å²) in [6.07, 6.45) is -1.09. The maximum absolute atomic E-state index is 13.7. The van der Waals surface area contributed by atoms with E-state index in [0.29, 0.717) is 16.0 Å². The lowest BCUT2D eigenvalue weighted by Gasteiger charge is -2.17. The van der Waals surface area contributed by atoms with Gasteiger partial charge in [-0.2, -0.15) is 28.3 Å². The Labute approximate surface area is 242 Å². The minimum absolute atomic E-state index is 0.000399. The number of tetrazole rings is 1. The van der Waals surface area contributed by atoms with Crippen LogP contribution in [-0.4, -0.2) is 47.8 Å². The van der Waals surface area contributed by atoms with Crippen LogP contribution in [0, 0.1) is 18.3 Å². The first-order valence-corrected chi connectivity index (χ1v) is 13.3. The van der Waals surface area contributed by atoms with Crippen molar-refractivity contribution in [1.29, 1.82) is 5.26 Å². The third-order valence-electron chi connectivity index (χ3n) is 6.72. The van der Waals surface area contributed by atoms with E-state index >= 15 is 0 Å². The van der Waals surface area contributed by atoms with E-state index in [1.807, 2.05) is 6.07 Å². The van der Waals surface area contributed by atoms with E-state index < -0.39 is 23.8 Å². The molecule has 0 aliphatic heterocycles. The fourth-order valence-corrected chi connectivity index (χ4v) is 4.97. The number of anilines is 1. The van der Waals surface area contributed by atoms with Gasteiger partial charge in [-0.1, -0.05) is 36.6 Å². The Morgan fingerprint density at radius 1 is 1.12 bits per heavy atom. The van der Waals surface area contributed by atoms with Crippen LogP contribution in [-0.2, 0) is 12.7 Å². The first kappa shape index (κ1) is 28.7. The molecule has 0 atom stereocenters. The van der Waals surface area contributed by atoms with E-state index in [1.54, 1.807) is 37.3 Å². The highest BCUT2D eigenvalue weighted by atomic mass is 35.5. The van der Waals surface area contributed by atoms with Crippen LogP contribution in [0.4, 0.5) is 18.9 Å². The number of aryl methyl sites for hydroxylation is 1. The molecule has 11 nitrogen and oxygen atoms in total. The highest BCUT2D eigenvalue weighted by Gasteiger charge is 2.37. The average Bonchev–Trinajstić information content (AvgIpc) is 3.71. The van der Waals surface area contributed by atoms with Crippen molar-refractivity contribution in [1.82, 2.24) is 35.3 Å². The molecule has 0 bridgehead atoms. The Hall–Kier alpha value is -4.77. The number of nitriles is 1. The number of benzene rings is 2. The molecule has 15 heteroatoms. The smallest absolute Gasteiger partial charge is 0.349 e. The molecule has 2 amide bonds. The maximum Gasteiger partial charge on any atom is 0.455 e. The number of alkyl halides is 3. The first-order chi connectivity index (χ1) is 20.0. The molecule has 5 rings (SSSR count). The summed E-state index contributed by atoms with van der Waals surface area (Å²) in [4.78, 5) is 27.7. The molecule has 2 aromatic heterocycles. The first-order valence-electron chi connectivity index (χ1n) is 12.9. The number of rotatable bonds is 7. The van der Waals surface area contributed by atoms with Gasteiger partial charge in [0.25, 0.3) is 17.6 Å². The second-order valence-electron chi connectivity index (χ2n) is 9.76. The number of nitrogens with one attached hydrogen (secondary N) is 2. The summed E-state index contributed by atoms with van der Waals surface area (Å²) in [6, 6.07) is 12.9. The highest BCUT2D eigenvalue weighted by Crippen LogP contribution is 2.28. The molecular formula is C27H23ClF3N9O2. The fraction of sp³-hybridized carbons (Fsp3) is 0.296. The molecule has 1 aliphatic carbocycles. The van der Waals surface area contributed by atoms with Gasteiger partial charge < -0.3 is 10.6 Å². The van der Waals surface area contributed by atoms with Crippen molar-refractivity contribution in [3.05, 3.63) is 81.4 Å². The van der Waals surface area contributed by atoms with Crippen LogP contribution >= 0.6 is 11.6 Å². The third-order valence-corrected chi connectivity index (χ3v) is 7.04. The summed E-state index contributed by atoms with van der Waals surface area (Å²) in [5, 5.41) is 29.7. The number of hydrogen-bond acceptors (Lipinski definition) is 7. The second kappa shape index (κ2) is 11.6. The summed E-state index contributed by atoms with van der Waals surface area (Å²) in [5.74, 6) is -2.51. The van der Waals surface area contributed by atoms with Gasteiger partial charge in [-0.3, -0.25) is 9.59 Å². The zero-order valence-electron chi connectivity index (χ0n) is 22.1. The van der Waals surface area contributed by atoms with Gasteiger partial charge in [-0.05, 0) is 60.9 Å². The lowest BCUT2D eigenvalue weighted by atomic mass is 10.0. The number of nitrogens with zero attached hydrogens (tertiary/aromatic N) is 7. The van der Waals surface area contributed by atoms with Crippen LogP contribution in [0.5, 0.6) is 0 Å². The van der Waals surface area contributed by atoms with Crippen LogP contribution in [0.15, 0.2) is 42.5 Å². The van der Waals surface area contributed by atoms with Gasteiger partial charge >= 0.3 is 6.18 Å². The van der Waals surface area contributed by atoms with Gasteiger partial charge in [0.1, 0.15) is 12.2 Å². The van der Waals surface area contributed by atoms with Crippen molar-refractivity contribution in [3.63, 3.8) is 0 Å². The largest absolute Gasteiger partial charge is 0.455 e. The Kier molecular flexibility index (Phi) is 7.95. The molecule has 0 radical (unpaired) electrons. The molecule has 4 aromatic rings. The predicted octanol–water partition coefficient (Wildman–Crippen LogP) is 4.68. The van der Waals surface area contributed by atoms with Crippen LogP contribution in [0.25, 0.3) is 5.69 Å². The van der Waals surface area contributed by atoms with Crippen molar-refractivity contribution in [2.75, 3.05) is 5.32 Å². The Bertz CT molecular complexity index is 1700. The SMILES string of the molecule is Cc1cc(C#N)cc(C(=O)NC2CCCC2)c1NC(=O)c1cc(Cn2nnc(C(F)(F)F)n2)nn1-c1ccccc1Cl. The fourth-order valence-electron chi connectivity index (χ4n) is 4.75. The van der Waals surface area contributed by atoms with Gasteiger partial charge in [0.05, 0.1) is 39.3 Å². The molecule has 2 N–H and O–H groups in total. The lowest BCUT2D eigenvalue weighted by Crippen LogP contribution is -2.33. The van der Waals surface area contributed by atoms with Gasteiger partial charge in [0.15, 0.2) is 0 Å². The summed E-state index contributed by atoms with van der Waals surface area (Å²) in [6.45, 7) is 1.33. The van der Waals surface area contributed by atoms with E-state index in [-0.39, 0.29) is 45.8 Å². The van der Waals surface area contributed by atoms with Crippen LogP contribution in [0.1, 0.15) is 69.2 Å². The van der Waals surface area contributed by atoms with E-state index in [1.165, 1.54) is 16.8 Å². The van der Waals surface area contributed by atoms with Crippen molar-refractivity contribution in [3.8, 4) is 11.8 Å². The topological polar surface area (TPSA) is 143 Å². The summed E-state index contributed by atoms with van der Waals surface area (Å²) in [5.41, 5.74) is 1.51. The van der Waals surface area contributed by atoms with Crippen molar-refractivity contribution in [2.45, 2.75) is 51.4 Å². The van der Waals surface area contributed by atoms with Crippen LogP contribution in [0.3, 0.4) is 0 Å². The number of carbonyl (C=O) groups excluding carboxylic acids is 2. The summed E-state index contributed by atoms with van der Waals surface area (Å²) in [7, 11) is 0. The van der Waals surface area contributed by atoms with Crippen molar-refractivity contribution in [2.24, 2.45) is 0 Å². The van der Waals surface area contributed by atoms with Gasteiger partial charge in [0.2, 0.25) is 0 Å². The van der Waals surface area contributed by atoms with E-state index in [0.717, 1.165) is 25.7 Å². The number of halogens is 4. The molecule has 1 aliphatic rings. The summed E-state index contributed by atoms with van der Waals surface area (Å²) >= 11 is 6.38. The molecule has 0 spiro atoms. The van der Waals surface area contributed by atoms with E-state index in [9.17, 15) is 28.0 Å². The molecule has 42 heavy (non-hydrogen) atoms. The third kappa shape index (κ3) is 6.10. The Morgan fingerprint density at radius 3 is 2.52 bits per heavy atom. The molecule has 1 saturated carbocycles. The van der Waals surface area contributed by atoms with E-state index in [4.69, 9.17) is 11.6 Å². The standard InChI is InChI=1S/C27H23ClF3N9O2/c1-15-10-16(13-32)11-19(24(41)33-17-6-2-3-7-17)23(15)34-25(42)22-12-18(14-39-37-26(35-38-39)27(29,30)31)36-40(22)21-9-5-4-8-20(21)28/h4-5,8-12,17H,2-3,6-7,14H2,1H3,(H,33,41)(H,34,42). The zero-order valence-corrected chi connectivity index (χ0v) is 22.9. The maximum atomic E-state index is 13.7. The Balaban J connectivity index is 1.51. The minimum atomic E-state index is -4.78. The van der Waals surface area contributed by atoms with Gasteiger partial charge in [-0.15, -0.1) is 10.2 Å². The molecular weight excluding hydrogens is 575 g/mol. The van der Waals surface area contributed by atoms with Gasteiger partial charge in [0, 0.05) is 6.04 Å². The number of hydrogen-bond donors (Lipinski definition) is 2. The molecule has 2 heterocycles. The van der Waals surface area contributed by atoms with Gasteiger partial charge in [-0.25, -0.2) is 4.68 Å². The predicted molar refractivity (Wildman–Crippen MR) is 144 cm³/mol. The quantitative estimate of drug-likeness (QED) is 0.315. The van der Waals surface area contributed by atoms with Crippen LogP contribution < -0.4 is 10.6 Å². The Morgan fingerprint density at radius 2 is 1.86 bits per heavy atom. The monoisotopic (exact) mass is 597 g/mol. The normalized spacial score (nSPS) is 13.6. The molecule has 216 valence electrons. The summed E-state index contributed by atoms with van der Waals surface area (Å²) < 4.78 is 40.1. The molecule has 0 unspecified atom stereocenters. The zero-order chi connectivity index (χ0) is 30.0. The van der Waals surface area contributed by atoms with Crippen LogP contribution in [0.2, 0.25) is 5.02 Å². The lowest BCUT2D eigenvalue weighted by molar-refractivity contribution is -0.145. The average molecular weight is 598 g/mol. The van der Waals surface area contributed by atoms with E-state index in [2.05, 4.69) is 31.1 Å². The second-order valence-corrected chi connectivity index (χ2v) is 10.2. The molecule has 0 saturated heterocycles. The number of carbonyl (C=O) groups is 2. The number of amides is 2. The van der Waals surface area contributed by atoms with Crippen molar-refractivity contribution < 1.29 is 22.8 Å². The van der Waals surface area contributed by atoms with Crippen molar-refractivity contribution >= 4 is 29.1 Å². The number of aromatic nitrogens is 6. The molecule has 1 fully saturated rings.